The second kappa shape index (κ2) is 5.87. The quantitative estimate of drug-likeness (QED) is 0.854. The van der Waals surface area contributed by atoms with Crippen molar-refractivity contribution in [3.63, 3.8) is 0 Å². The third-order valence-corrected chi connectivity index (χ3v) is 2.91. The van der Waals surface area contributed by atoms with Crippen molar-refractivity contribution in [1.82, 2.24) is 5.32 Å². The summed E-state index contributed by atoms with van der Waals surface area (Å²) >= 11 is 0. The molecule has 0 saturated carbocycles. The number of amides is 1. The number of halogens is 3. The predicted molar refractivity (Wildman–Crippen MR) is 73.5 cm³/mol. The molecule has 0 atom stereocenters. The maximum atomic E-state index is 12.6. The molecule has 0 fully saturated rings. The number of anilines is 1. The molecule has 110 valence electrons. The van der Waals surface area contributed by atoms with Crippen LogP contribution in [0, 0.1) is 0 Å². The SMILES string of the molecule is Nc1ccccc1C(=O)NCc1cccc(C(F)(F)F)c1. The Balaban J connectivity index is 2.07. The van der Waals surface area contributed by atoms with Crippen LogP contribution in [0.1, 0.15) is 21.5 Å². The van der Waals surface area contributed by atoms with Crippen molar-refractivity contribution in [1.29, 1.82) is 0 Å². The first-order valence-corrected chi connectivity index (χ1v) is 6.17. The molecule has 0 saturated heterocycles. The van der Waals surface area contributed by atoms with Crippen molar-refractivity contribution in [2.24, 2.45) is 0 Å². The van der Waals surface area contributed by atoms with E-state index in [4.69, 9.17) is 5.73 Å². The molecule has 3 N–H and O–H groups in total. The lowest BCUT2D eigenvalue weighted by Gasteiger charge is -2.10. The number of nitrogens with one attached hydrogen (secondary N) is 1. The summed E-state index contributed by atoms with van der Waals surface area (Å²) in [5.74, 6) is -0.425. The number of hydrogen-bond donors (Lipinski definition) is 2. The molecule has 0 aliphatic rings. The van der Waals surface area contributed by atoms with Crippen molar-refractivity contribution in [2.45, 2.75) is 12.7 Å². The second-order valence-corrected chi connectivity index (χ2v) is 4.47. The van der Waals surface area contributed by atoms with Gasteiger partial charge in [-0.2, -0.15) is 13.2 Å². The van der Waals surface area contributed by atoms with E-state index in [1.807, 2.05) is 0 Å². The molecule has 2 rings (SSSR count). The lowest BCUT2D eigenvalue weighted by molar-refractivity contribution is -0.137. The fourth-order valence-corrected chi connectivity index (χ4v) is 1.84. The molecule has 1 amide bonds. The first-order chi connectivity index (χ1) is 9.88. The van der Waals surface area contributed by atoms with Gasteiger partial charge in [0.15, 0.2) is 0 Å². The highest BCUT2D eigenvalue weighted by Gasteiger charge is 2.30. The van der Waals surface area contributed by atoms with Crippen LogP contribution in [0.3, 0.4) is 0 Å². The standard InChI is InChI=1S/C15H13F3N2O/c16-15(17,18)11-5-3-4-10(8-11)9-20-14(21)12-6-1-2-7-13(12)19/h1-8H,9,19H2,(H,20,21). The van der Waals surface area contributed by atoms with Gasteiger partial charge in [0.25, 0.3) is 5.91 Å². The summed E-state index contributed by atoms with van der Waals surface area (Å²) in [4.78, 5) is 11.9. The van der Waals surface area contributed by atoms with Crippen molar-refractivity contribution >= 4 is 11.6 Å². The van der Waals surface area contributed by atoms with Crippen LogP contribution < -0.4 is 11.1 Å². The van der Waals surface area contributed by atoms with Crippen molar-refractivity contribution in [2.75, 3.05) is 5.73 Å². The van der Waals surface area contributed by atoms with Gasteiger partial charge in [-0.3, -0.25) is 4.79 Å². The van der Waals surface area contributed by atoms with E-state index in [1.165, 1.54) is 12.1 Å². The third kappa shape index (κ3) is 3.75. The van der Waals surface area contributed by atoms with Crippen LogP contribution in [-0.4, -0.2) is 5.91 Å². The predicted octanol–water partition coefficient (Wildman–Crippen LogP) is 3.22. The van der Waals surface area contributed by atoms with Gasteiger partial charge >= 0.3 is 6.18 Å². The Morgan fingerprint density at radius 3 is 2.48 bits per heavy atom. The van der Waals surface area contributed by atoms with E-state index >= 15 is 0 Å². The highest BCUT2D eigenvalue weighted by Crippen LogP contribution is 2.29. The van der Waals surface area contributed by atoms with E-state index < -0.39 is 17.6 Å². The Morgan fingerprint density at radius 1 is 1.10 bits per heavy atom. The van der Waals surface area contributed by atoms with Gasteiger partial charge in [-0.25, -0.2) is 0 Å². The fraction of sp³-hybridized carbons (Fsp3) is 0.133. The molecule has 0 unspecified atom stereocenters. The number of hydrogen-bond acceptors (Lipinski definition) is 2. The van der Waals surface area contributed by atoms with Gasteiger partial charge in [-0.15, -0.1) is 0 Å². The summed E-state index contributed by atoms with van der Waals surface area (Å²) < 4.78 is 37.7. The summed E-state index contributed by atoms with van der Waals surface area (Å²) in [5.41, 5.74) is 5.90. The average molecular weight is 294 g/mol. The van der Waals surface area contributed by atoms with Gasteiger partial charge in [0, 0.05) is 12.2 Å². The monoisotopic (exact) mass is 294 g/mol. The molecule has 2 aromatic carbocycles. The van der Waals surface area contributed by atoms with Crippen LogP contribution in [0.4, 0.5) is 18.9 Å². The number of carbonyl (C=O) groups excluding carboxylic acids is 1. The van der Waals surface area contributed by atoms with E-state index in [2.05, 4.69) is 5.32 Å². The van der Waals surface area contributed by atoms with Crippen LogP contribution in [0.25, 0.3) is 0 Å². The van der Waals surface area contributed by atoms with E-state index in [-0.39, 0.29) is 6.54 Å². The lowest BCUT2D eigenvalue weighted by atomic mass is 10.1. The Kier molecular flexibility index (Phi) is 4.16. The Bertz CT molecular complexity index is 653. The summed E-state index contributed by atoms with van der Waals surface area (Å²) in [5, 5.41) is 2.55. The van der Waals surface area contributed by atoms with Crippen molar-refractivity contribution in [3.8, 4) is 0 Å². The van der Waals surface area contributed by atoms with E-state index in [1.54, 1.807) is 24.3 Å². The van der Waals surface area contributed by atoms with Gasteiger partial charge in [0.2, 0.25) is 0 Å². The van der Waals surface area contributed by atoms with Gasteiger partial charge in [-0.1, -0.05) is 24.3 Å². The summed E-state index contributed by atoms with van der Waals surface area (Å²) in [6.07, 6.45) is -4.40. The van der Waals surface area contributed by atoms with Crippen molar-refractivity contribution in [3.05, 3.63) is 65.2 Å². The number of para-hydroxylation sites is 1. The maximum absolute atomic E-state index is 12.6. The van der Waals surface area contributed by atoms with Crippen molar-refractivity contribution < 1.29 is 18.0 Å². The van der Waals surface area contributed by atoms with Crippen LogP contribution >= 0.6 is 0 Å². The zero-order valence-corrected chi connectivity index (χ0v) is 10.9. The molecule has 0 aliphatic carbocycles. The Morgan fingerprint density at radius 2 is 1.81 bits per heavy atom. The number of benzene rings is 2. The van der Waals surface area contributed by atoms with Crippen LogP contribution in [-0.2, 0) is 12.7 Å². The lowest BCUT2D eigenvalue weighted by Crippen LogP contribution is -2.24. The molecule has 2 aromatic rings. The molecule has 0 spiro atoms. The number of rotatable bonds is 3. The zero-order valence-electron chi connectivity index (χ0n) is 10.9. The Labute approximate surface area is 119 Å². The summed E-state index contributed by atoms with van der Waals surface area (Å²) in [6, 6.07) is 11.3. The first kappa shape index (κ1) is 14.9. The topological polar surface area (TPSA) is 55.1 Å². The highest BCUT2D eigenvalue weighted by atomic mass is 19.4. The molecule has 0 radical (unpaired) electrons. The molecular formula is C15H13F3N2O. The van der Waals surface area contributed by atoms with E-state index in [9.17, 15) is 18.0 Å². The zero-order chi connectivity index (χ0) is 15.5. The molecular weight excluding hydrogens is 281 g/mol. The molecule has 3 nitrogen and oxygen atoms in total. The van der Waals surface area contributed by atoms with Gasteiger partial charge in [0.1, 0.15) is 0 Å². The molecule has 0 bridgehead atoms. The third-order valence-electron chi connectivity index (χ3n) is 2.91. The van der Waals surface area contributed by atoms with Crippen LogP contribution in [0.5, 0.6) is 0 Å². The van der Waals surface area contributed by atoms with Gasteiger partial charge in [-0.05, 0) is 29.8 Å². The second-order valence-electron chi connectivity index (χ2n) is 4.47. The fourth-order valence-electron chi connectivity index (χ4n) is 1.84. The largest absolute Gasteiger partial charge is 0.416 e. The van der Waals surface area contributed by atoms with E-state index in [0.29, 0.717) is 16.8 Å². The minimum atomic E-state index is -4.40. The number of nitrogens with two attached hydrogens (primary N) is 1. The molecule has 21 heavy (non-hydrogen) atoms. The first-order valence-electron chi connectivity index (χ1n) is 6.17. The normalized spacial score (nSPS) is 11.2. The van der Waals surface area contributed by atoms with E-state index in [0.717, 1.165) is 12.1 Å². The molecule has 0 aliphatic heterocycles. The number of alkyl halides is 3. The smallest absolute Gasteiger partial charge is 0.398 e. The summed E-state index contributed by atoms with van der Waals surface area (Å²) in [6.45, 7) is -0.00289. The Hall–Kier alpha value is -2.50. The minimum absolute atomic E-state index is 0.00289. The minimum Gasteiger partial charge on any atom is -0.398 e. The maximum Gasteiger partial charge on any atom is 0.416 e. The molecule has 6 heteroatoms. The number of carbonyl (C=O) groups is 1. The summed E-state index contributed by atoms with van der Waals surface area (Å²) in [7, 11) is 0. The average Bonchev–Trinajstić information content (AvgIpc) is 2.45. The highest BCUT2D eigenvalue weighted by molar-refractivity contribution is 5.98. The van der Waals surface area contributed by atoms with Gasteiger partial charge in [0.05, 0.1) is 11.1 Å². The number of nitrogen functional groups attached to an aromatic ring is 1. The molecule has 0 heterocycles. The van der Waals surface area contributed by atoms with Gasteiger partial charge < -0.3 is 11.1 Å². The van der Waals surface area contributed by atoms with Crippen LogP contribution in [0.2, 0.25) is 0 Å². The molecule has 0 aromatic heterocycles. The van der Waals surface area contributed by atoms with Crippen LogP contribution in [0.15, 0.2) is 48.5 Å².